The molecule has 0 saturated carbocycles. The Morgan fingerprint density at radius 1 is 0.756 bits per heavy atom. The van der Waals surface area contributed by atoms with Crippen molar-refractivity contribution in [2.75, 3.05) is 39.4 Å². The first kappa shape index (κ1) is 29.5. The lowest BCUT2D eigenvalue weighted by molar-refractivity contribution is -0.947. The summed E-state index contributed by atoms with van der Waals surface area (Å²) in [6.45, 7) is 14.5. The number of morpholine rings is 1. The van der Waals surface area contributed by atoms with Gasteiger partial charge in [0.25, 0.3) is 0 Å². The molecule has 1 saturated heterocycles. The highest BCUT2D eigenvalue weighted by Crippen LogP contribution is 2.28. The van der Waals surface area contributed by atoms with Gasteiger partial charge in [-0.25, -0.2) is 8.42 Å². The zero-order valence-corrected chi connectivity index (χ0v) is 25.7. The quantitative estimate of drug-likeness (QED) is 0.199. The van der Waals surface area contributed by atoms with Crippen molar-refractivity contribution in [2.45, 2.75) is 52.1 Å². The molecule has 0 radical (unpaired) electrons. The molecule has 4 aromatic carbocycles. The standard InChI is InChI=1S/C35H43N2O3S/c1-27-19-28(2)22-31(21-27)25-36(41(38,39)35-12-7-10-33-9-5-6-11-34(33)35)13-8-14-37(15-17-40-18-16-37)26-32-23-29(3)20-30(4)24-32/h5-7,9-12,19-24H,8,13-18,25-26H2,1-4H3/q+1. The maximum atomic E-state index is 14.3. The van der Waals surface area contributed by atoms with Gasteiger partial charge in [0, 0.05) is 30.5 Å². The lowest BCUT2D eigenvalue weighted by Crippen LogP contribution is -2.55. The SMILES string of the molecule is Cc1cc(C)cc(CN(CCC[N+]2(Cc3cc(C)cc(C)c3)CCOCC2)S(=O)(=O)c2cccc3ccccc23)c1. The zero-order valence-electron chi connectivity index (χ0n) is 24.9. The van der Waals surface area contributed by atoms with Gasteiger partial charge in [0.2, 0.25) is 10.0 Å². The molecule has 0 N–H and O–H groups in total. The van der Waals surface area contributed by atoms with Crippen LogP contribution in [-0.2, 0) is 27.8 Å². The summed E-state index contributed by atoms with van der Waals surface area (Å²) < 4.78 is 37.1. The largest absolute Gasteiger partial charge is 0.370 e. The summed E-state index contributed by atoms with van der Waals surface area (Å²) in [6.07, 6.45) is 0.777. The van der Waals surface area contributed by atoms with Crippen LogP contribution in [0.15, 0.2) is 83.8 Å². The first-order valence-corrected chi connectivity index (χ1v) is 16.1. The topological polar surface area (TPSA) is 46.6 Å². The lowest BCUT2D eigenvalue weighted by Gasteiger charge is -2.42. The van der Waals surface area contributed by atoms with Gasteiger partial charge in [0.15, 0.2) is 0 Å². The van der Waals surface area contributed by atoms with Crippen LogP contribution in [0.1, 0.15) is 39.8 Å². The van der Waals surface area contributed by atoms with E-state index in [2.05, 4.69) is 64.1 Å². The predicted molar refractivity (Wildman–Crippen MR) is 167 cm³/mol. The Bertz CT molecular complexity index is 1580. The molecule has 216 valence electrons. The minimum atomic E-state index is -3.74. The van der Waals surface area contributed by atoms with E-state index in [1.807, 2.05) is 36.4 Å². The normalized spacial score (nSPS) is 15.4. The molecular weight excluding hydrogens is 528 g/mol. The molecule has 0 unspecified atom stereocenters. The average molecular weight is 572 g/mol. The summed E-state index contributed by atoms with van der Waals surface area (Å²) in [5.41, 5.74) is 7.23. The summed E-state index contributed by atoms with van der Waals surface area (Å²) in [6, 6.07) is 26.5. The third-order valence-electron chi connectivity index (χ3n) is 8.27. The number of rotatable bonds is 10. The van der Waals surface area contributed by atoms with Gasteiger partial charge >= 0.3 is 0 Å². The van der Waals surface area contributed by atoms with E-state index in [1.54, 1.807) is 10.4 Å². The fraction of sp³-hybridized carbons (Fsp3) is 0.371. The molecule has 1 fully saturated rings. The fourth-order valence-electron chi connectivity index (χ4n) is 6.53. The first-order valence-electron chi connectivity index (χ1n) is 14.7. The van der Waals surface area contributed by atoms with Gasteiger partial charge in [-0.2, -0.15) is 4.31 Å². The van der Waals surface area contributed by atoms with Gasteiger partial charge in [-0.3, -0.25) is 0 Å². The number of hydrogen-bond donors (Lipinski definition) is 0. The van der Waals surface area contributed by atoms with Crippen molar-refractivity contribution in [1.29, 1.82) is 0 Å². The Balaban J connectivity index is 1.43. The van der Waals surface area contributed by atoms with Crippen molar-refractivity contribution in [3.8, 4) is 0 Å². The summed E-state index contributed by atoms with van der Waals surface area (Å²) in [5, 5.41) is 1.71. The van der Waals surface area contributed by atoms with Crippen LogP contribution < -0.4 is 0 Å². The van der Waals surface area contributed by atoms with E-state index < -0.39 is 10.0 Å². The van der Waals surface area contributed by atoms with Crippen LogP contribution in [0, 0.1) is 27.7 Å². The van der Waals surface area contributed by atoms with Crippen LogP contribution in [0.5, 0.6) is 0 Å². The average Bonchev–Trinajstić information content (AvgIpc) is 2.91. The third-order valence-corrected chi connectivity index (χ3v) is 10.2. The second-order valence-corrected chi connectivity index (χ2v) is 13.9. The van der Waals surface area contributed by atoms with E-state index in [0.29, 0.717) is 18.0 Å². The van der Waals surface area contributed by atoms with Crippen molar-refractivity contribution in [2.24, 2.45) is 0 Å². The van der Waals surface area contributed by atoms with E-state index in [-0.39, 0.29) is 0 Å². The highest BCUT2D eigenvalue weighted by molar-refractivity contribution is 7.89. The first-order chi connectivity index (χ1) is 19.6. The number of quaternary nitrogens is 1. The van der Waals surface area contributed by atoms with Gasteiger partial charge in [-0.1, -0.05) is 95.1 Å². The monoisotopic (exact) mass is 571 g/mol. The highest BCUT2D eigenvalue weighted by Gasteiger charge is 2.32. The molecule has 0 bridgehead atoms. The molecule has 1 aliphatic rings. The van der Waals surface area contributed by atoms with Gasteiger partial charge in [-0.05, 0) is 44.7 Å². The number of nitrogens with zero attached hydrogens (tertiary/aromatic N) is 2. The van der Waals surface area contributed by atoms with Crippen molar-refractivity contribution in [1.82, 2.24) is 4.31 Å². The minimum absolute atomic E-state index is 0.355. The third kappa shape index (κ3) is 7.07. The van der Waals surface area contributed by atoms with Crippen LogP contribution >= 0.6 is 0 Å². The summed E-state index contributed by atoms with van der Waals surface area (Å²) in [5.74, 6) is 0. The van der Waals surface area contributed by atoms with Crippen molar-refractivity contribution < 1.29 is 17.6 Å². The van der Waals surface area contributed by atoms with Crippen LogP contribution in [0.25, 0.3) is 10.8 Å². The van der Waals surface area contributed by atoms with Crippen LogP contribution in [0.3, 0.4) is 0 Å². The van der Waals surface area contributed by atoms with E-state index in [4.69, 9.17) is 4.74 Å². The molecule has 0 aliphatic carbocycles. The van der Waals surface area contributed by atoms with Crippen molar-refractivity contribution in [3.05, 3.63) is 112 Å². The number of sulfonamides is 1. The maximum Gasteiger partial charge on any atom is 0.243 e. The Labute approximate surface area is 246 Å². The number of benzene rings is 4. The zero-order chi connectivity index (χ0) is 29.0. The van der Waals surface area contributed by atoms with Crippen LogP contribution in [0.4, 0.5) is 0 Å². The Hall–Kier alpha value is -3.03. The molecule has 5 rings (SSSR count). The number of ether oxygens (including phenoxy) is 1. The van der Waals surface area contributed by atoms with E-state index in [9.17, 15) is 8.42 Å². The van der Waals surface area contributed by atoms with Crippen LogP contribution in [0.2, 0.25) is 0 Å². The number of aryl methyl sites for hydroxylation is 4. The highest BCUT2D eigenvalue weighted by atomic mass is 32.2. The second kappa shape index (κ2) is 12.5. The summed E-state index contributed by atoms with van der Waals surface area (Å²) in [4.78, 5) is 0.380. The summed E-state index contributed by atoms with van der Waals surface area (Å²) in [7, 11) is -3.74. The van der Waals surface area contributed by atoms with E-state index >= 15 is 0 Å². The lowest BCUT2D eigenvalue weighted by atomic mass is 10.1. The van der Waals surface area contributed by atoms with Gasteiger partial charge in [0.1, 0.15) is 19.6 Å². The molecule has 0 spiro atoms. The molecule has 1 heterocycles. The molecule has 0 amide bonds. The molecule has 0 atom stereocenters. The molecule has 1 aliphatic heterocycles. The van der Waals surface area contributed by atoms with Crippen molar-refractivity contribution >= 4 is 20.8 Å². The molecule has 4 aromatic rings. The van der Waals surface area contributed by atoms with Gasteiger partial charge in [0.05, 0.1) is 24.7 Å². The predicted octanol–water partition coefficient (Wildman–Crippen LogP) is 6.70. The summed E-state index contributed by atoms with van der Waals surface area (Å²) >= 11 is 0. The Morgan fingerprint density at radius 3 is 2.00 bits per heavy atom. The molecule has 0 aromatic heterocycles. The number of hydrogen-bond acceptors (Lipinski definition) is 3. The Morgan fingerprint density at radius 2 is 1.34 bits per heavy atom. The molecule has 41 heavy (non-hydrogen) atoms. The van der Waals surface area contributed by atoms with E-state index in [1.165, 1.54) is 16.7 Å². The van der Waals surface area contributed by atoms with Crippen molar-refractivity contribution in [3.63, 3.8) is 0 Å². The molecule has 5 nitrogen and oxygen atoms in total. The van der Waals surface area contributed by atoms with Gasteiger partial charge in [-0.15, -0.1) is 0 Å². The number of fused-ring (bicyclic) bond motifs is 1. The van der Waals surface area contributed by atoms with Gasteiger partial charge < -0.3 is 9.22 Å². The Kier molecular flexibility index (Phi) is 8.95. The molecular formula is C35H43N2O3S+. The maximum absolute atomic E-state index is 14.3. The minimum Gasteiger partial charge on any atom is -0.370 e. The smallest absolute Gasteiger partial charge is 0.243 e. The van der Waals surface area contributed by atoms with Crippen LogP contribution in [-0.4, -0.2) is 56.6 Å². The molecule has 6 heteroatoms. The fourth-order valence-corrected chi connectivity index (χ4v) is 8.21. The van der Waals surface area contributed by atoms with E-state index in [0.717, 1.165) is 77.8 Å². The second-order valence-electron chi connectivity index (χ2n) is 11.9.